The van der Waals surface area contributed by atoms with Crippen LogP contribution in [0, 0.1) is 0 Å². The van der Waals surface area contributed by atoms with E-state index in [4.69, 9.17) is 14.2 Å². The predicted octanol–water partition coefficient (Wildman–Crippen LogP) is 3.09. The van der Waals surface area contributed by atoms with Crippen molar-refractivity contribution in [3.63, 3.8) is 0 Å². The van der Waals surface area contributed by atoms with Crippen LogP contribution in [0.15, 0.2) is 49.7 Å². The molecule has 0 N–H and O–H groups in total. The number of hydrogen-bond donors (Lipinski definition) is 0. The van der Waals surface area contributed by atoms with E-state index in [9.17, 15) is 4.79 Å². The van der Waals surface area contributed by atoms with Gasteiger partial charge in [0.25, 0.3) is 5.95 Å². The fourth-order valence-electron chi connectivity index (χ4n) is 1.03. The smallest absolute Gasteiger partial charge is 0.330 e. The van der Waals surface area contributed by atoms with Gasteiger partial charge < -0.3 is 14.2 Å². The third-order valence-corrected chi connectivity index (χ3v) is 1.84. The number of rotatable bonds is 10. The Balaban J connectivity index is 3.52. The summed E-state index contributed by atoms with van der Waals surface area (Å²) < 4.78 is 15.3. The first-order valence-corrected chi connectivity index (χ1v) is 5.68. The quantitative estimate of drug-likeness (QED) is 0.197. The van der Waals surface area contributed by atoms with E-state index >= 15 is 0 Å². The Morgan fingerprint density at radius 1 is 1.17 bits per heavy atom. The second-order valence-corrected chi connectivity index (χ2v) is 3.41. The third kappa shape index (κ3) is 9.27. The normalized spacial score (nSPS) is 10.4. The molecule has 100 valence electrons. The van der Waals surface area contributed by atoms with Gasteiger partial charge in [-0.15, -0.1) is 0 Å². The molecule has 0 amide bonds. The average Bonchev–Trinajstić information content (AvgIpc) is 2.33. The number of ether oxygens (including phenoxy) is 3. The van der Waals surface area contributed by atoms with Gasteiger partial charge in [0.1, 0.15) is 5.76 Å². The van der Waals surface area contributed by atoms with Crippen molar-refractivity contribution in [3.8, 4) is 0 Å². The van der Waals surface area contributed by atoms with Crippen LogP contribution in [0.1, 0.15) is 19.8 Å². The molecule has 0 saturated heterocycles. The molecule has 0 aromatic carbocycles. The lowest BCUT2D eigenvalue weighted by atomic mass is 10.3. The number of hydrogen-bond acceptors (Lipinski definition) is 4. The van der Waals surface area contributed by atoms with Crippen LogP contribution in [0.4, 0.5) is 0 Å². The van der Waals surface area contributed by atoms with Gasteiger partial charge in [-0.2, -0.15) is 0 Å². The summed E-state index contributed by atoms with van der Waals surface area (Å²) in [5.74, 6) is 0.498. The van der Waals surface area contributed by atoms with Crippen LogP contribution in [0.3, 0.4) is 0 Å². The van der Waals surface area contributed by atoms with Crippen molar-refractivity contribution in [3.05, 3.63) is 49.7 Å². The van der Waals surface area contributed by atoms with E-state index in [0.29, 0.717) is 25.4 Å². The molecule has 0 heterocycles. The maximum Gasteiger partial charge on any atom is 0.330 e. The molecule has 4 heteroatoms. The number of allylic oxidation sites excluding steroid dienone is 3. The largest absolute Gasteiger partial charge is 0.466 e. The van der Waals surface area contributed by atoms with Crippen LogP contribution in [0.2, 0.25) is 0 Å². The highest BCUT2D eigenvalue weighted by Gasteiger charge is 1.98. The first-order valence-electron chi connectivity index (χ1n) is 5.68. The summed E-state index contributed by atoms with van der Waals surface area (Å²) in [6.07, 6.45) is 5.94. The molecule has 0 rings (SSSR count). The minimum Gasteiger partial charge on any atom is -0.466 e. The number of unbranched alkanes of at least 4 members (excludes halogenated alkanes) is 1. The summed E-state index contributed by atoms with van der Waals surface area (Å²) in [5.41, 5.74) is 0. The van der Waals surface area contributed by atoms with Crippen molar-refractivity contribution in [2.75, 3.05) is 13.2 Å². The molecule has 0 atom stereocenters. The zero-order valence-corrected chi connectivity index (χ0v) is 10.8. The fourth-order valence-corrected chi connectivity index (χ4v) is 1.03. The summed E-state index contributed by atoms with van der Waals surface area (Å²) >= 11 is 0. The first kappa shape index (κ1) is 16.0. The van der Waals surface area contributed by atoms with E-state index in [-0.39, 0.29) is 5.95 Å². The van der Waals surface area contributed by atoms with Gasteiger partial charge in [0.05, 0.1) is 13.2 Å². The predicted molar refractivity (Wildman–Crippen MR) is 70.5 cm³/mol. The summed E-state index contributed by atoms with van der Waals surface area (Å²) in [4.78, 5) is 10.7. The van der Waals surface area contributed by atoms with E-state index in [0.717, 1.165) is 12.5 Å². The Morgan fingerprint density at radius 3 is 2.33 bits per heavy atom. The van der Waals surface area contributed by atoms with Gasteiger partial charge >= 0.3 is 5.97 Å². The number of carbonyl (C=O) groups is 1. The highest BCUT2D eigenvalue weighted by atomic mass is 16.7. The Labute approximate surface area is 108 Å². The molecular weight excluding hydrogens is 232 g/mol. The van der Waals surface area contributed by atoms with Crippen molar-refractivity contribution >= 4 is 5.97 Å². The standard InChI is InChI=1S/C14H20O4/c1-5-9-12(3)18-13(4)16-10-7-8-11-17-14(15)6-2/h5-6,9H,1-2,4,7-8,10-11H2,3H3/b12-9+. The minimum atomic E-state index is -0.408. The van der Waals surface area contributed by atoms with Crippen molar-refractivity contribution in [2.45, 2.75) is 19.8 Å². The minimum absolute atomic E-state index is 0.244. The highest BCUT2D eigenvalue weighted by molar-refractivity contribution is 5.81. The third-order valence-electron chi connectivity index (χ3n) is 1.84. The van der Waals surface area contributed by atoms with E-state index in [1.165, 1.54) is 0 Å². The maximum absolute atomic E-state index is 10.7. The van der Waals surface area contributed by atoms with Gasteiger partial charge in [0.2, 0.25) is 0 Å². The molecule has 0 fully saturated rings. The van der Waals surface area contributed by atoms with E-state index in [1.807, 2.05) is 0 Å². The van der Waals surface area contributed by atoms with Gasteiger partial charge in [-0.3, -0.25) is 0 Å². The molecule has 4 nitrogen and oxygen atoms in total. The van der Waals surface area contributed by atoms with Crippen molar-refractivity contribution < 1.29 is 19.0 Å². The molecule has 0 radical (unpaired) electrons. The summed E-state index contributed by atoms with van der Waals surface area (Å²) in [5, 5.41) is 0. The van der Waals surface area contributed by atoms with Gasteiger partial charge in [-0.1, -0.05) is 19.2 Å². The topological polar surface area (TPSA) is 44.8 Å². The molecule has 0 bridgehead atoms. The summed E-state index contributed by atoms with van der Waals surface area (Å²) in [6, 6.07) is 0. The Morgan fingerprint density at radius 2 is 1.78 bits per heavy atom. The molecular formula is C14H20O4. The van der Waals surface area contributed by atoms with Gasteiger partial charge in [0, 0.05) is 6.08 Å². The first-order chi connectivity index (χ1) is 8.60. The Bertz CT molecular complexity index is 329. The zero-order chi connectivity index (χ0) is 13.8. The monoisotopic (exact) mass is 252 g/mol. The van der Waals surface area contributed by atoms with Gasteiger partial charge in [-0.25, -0.2) is 4.79 Å². The molecule has 18 heavy (non-hydrogen) atoms. The van der Waals surface area contributed by atoms with Crippen molar-refractivity contribution in [1.82, 2.24) is 0 Å². The summed E-state index contributed by atoms with van der Waals surface area (Å²) in [7, 11) is 0. The lowest BCUT2D eigenvalue weighted by molar-refractivity contribution is -0.137. The Hall–Kier alpha value is -1.97. The summed E-state index contributed by atoms with van der Waals surface area (Å²) in [6.45, 7) is 13.1. The Kier molecular flexibility index (Phi) is 9.08. The van der Waals surface area contributed by atoms with Crippen molar-refractivity contribution in [1.29, 1.82) is 0 Å². The lowest BCUT2D eigenvalue weighted by Gasteiger charge is -2.10. The number of esters is 1. The second-order valence-electron chi connectivity index (χ2n) is 3.41. The van der Waals surface area contributed by atoms with Crippen molar-refractivity contribution in [2.24, 2.45) is 0 Å². The van der Waals surface area contributed by atoms with E-state index < -0.39 is 5.97 Å². The SMILES string of the molecule is C=C/C=C(\C)OC(=C)OCCCCOC(=O)C=C. The lowest BCUT2D eigenvalue weighted by Crippen LogP contribution is -2.03. The molecule has 0 saturated carbocycles. The second kappa shape index (κ2) is 10.2. The van der Waals surface area contributed by atoms with Crippen LogP contribution < -0.4 is 0 Å². The molecule has 0 unspecified atom stereocenters. The average molecular weight is 252 g/mol. The molecule has 0 spiro atoms. The highest BCUT2D eigenvalue weighted by Crippen LogP contribution is 2.06. The molecule has 0 aliphatic rings. The zero-order valence-electron chi connectivity index (χ0n) is 10.8. The molecule has 0 aromatic rings. The van der Waals surface area contributed by atoms with Gasteiger partial charge in [0.15, 0.2) is 0 Å². The van der Waals surface area contributed by atoms with Gasteiger partial charge in [-0.05, 0) is 32.4 Å². The van der Waals surface area contributed by atoms with Crippen LogP contribution in [0.5, 0.6) is 0 Å². The van der Waals surface area contributed by atoms with Crippen LogP contribution in [0.25, 0.3) is 0 Å². The fraction of sp³-hybridized carbons (Fsp3) is 0.357. The van der Waals surface area contributed by atoms with E-state index in [2.05, 4.69) is 19.7 Å². The van der Waals surface area contributed by atoms with Crippen LogP contribution >= 0.6 is 0 Å². The van der Waals surface area contributed by atoms with E-state index in [1.54, 1.807) is 19.1 Å². The maximum atomic E-state index is 10.7. The molecule has 0 aliphatic heterocycles. The number of carbonyl (C=O) groups excluding carboxylic acids is 1. The van der Waals surface area contributed by atoms with Crippen LogP contribution in [-0.4, -0.2) is 19.2 Å². The molecule has 0 aromatic heterocycles. The van der Waals surface area contributed by atoms with Crippen LogP contribution in [-0.2, 0) is 19.0 Å². The molecule has 0 aliphatic carbocycles.